The van der Waals surface area contributed by atoms with Crippen molar-refractivity contribution in [3.63, 3.8) is 0 Å². The molecule has 7 unspecified atom stereocenters. The molecule has 0 saturated heterocycles. The largest absolute Gasteiger partial charge is 0.462 e. The van der Waals surface area contributed by atoms with Crippen LogP contribution < -0.4 is 0 Å². The van der Waals surface area contributed by atoms with E-state index in [2.05, 4.69) is 13.8 Å². The van der Waals surface area contributed by atoms with Crippen molar-refractivity contribution in [1.29, 1.82) is 0 Å². The number of esters is 2. The lowest BCUT2D eigenvalue weighted by atomic mass is 9.43. The molecule has 4 saturated carbocycles. The number of hydrogen-bond donors (Lipinski definition) is 1. The lowest BCUT2D eigenvalue weighted by Crippen LogP contribution is -2.69. The first-order chi connectivity index (χ1) is 13.5. The molecule has 0 amide bonds. The first kappa shape index (κ1) is 20.8. The molecule has 0 spiro atoms. The number of rotatable bonds is 2. The predicted octanol–water partition coefficient (Wildman–Crippen LogP) is 3.19. The van der Waals surface area contributed by atoms with Crippen LogP contribution in [-0.2, 0) is 23.9 Å². The number of aliphatic hydroxyl groups is 1. The number of Topliss-reactive ketones (excluding diaryl/α,β-unsaturated/α-hetero) is 1. The number of ether oxygens (including phenoxy) is 2. The van der Waals surface area contributed by atoms with Crippen molar-refractivity contribution in [3.05, 3.63) is 0 Å². The van der Waals surface area contributed by atoms with Gasteiger partial charge in [0.25, 0.3) is 0 Å². The summed E-state index contributed by atoms with van der Waals surface area (Å²) in [6.45, 7) is 7.01. The minimum atomic E-state index is -1.23. The van der Waals surface area contributed by atoms with E-state index in [1.54, 1.807) is 0 Å². The molecule has 29 heavy (non-hydrogen) atoms. The zero-order valence-corrected chi connectivity index (χ0v) is 18.0. The molecule has 4 fully saturated rings. The first-order valence-corrected chi connectivity index (χ1v) is 11.1. The molecule has 6 nitrogen and oxygen atoms in total. The lowest BCUT2D eigenvalue weighted by Gasteiger charge is -2.65. The summed E-state index contributed by atoms with van der Waals surface area (Å²) in [4.78, 5) is 36.1. The van der Waals surface area contributed by atoms with E-state index in [0.717, 1.165) is 25.7 Å². The van der Waals surface area contributed by atoms with Crippen LogP contribution in [0.1, 0.15) is 79.1 Å². The van der Waals surface area contributed by atoms with Crippen LogP contribution in [0.15, 0.2) is 0 Å². The van der Waals surface area contributed by atoms with Gasteiger partial charge in [-0.3, -0.25) is 14.4 Å². The maximum Gasteiger partial charge on any atom is 0.303 e. The summed E-state index contributed by atoms with van der Waals surface area (Å²) in [5, 5.41) is 12.0. The van der Waals surface area contributed by atoms with Gasteiger partial charge in [0.05, 0.1) is 0 Å². The Balaban J connectivity index is 1.71. The Morgan fingerprint density at radius 3 is 2.34 bits per heavy atom. The number of fused-ring (bicyclic) bond motifs is 5. The normalized spacial score (nSPS) is 48.9. The van der Waals surface area contributed by atoms with E-state index < -0.39 is 23.1 Å². The fraction of sp³-hybridized carbons (Fsp3) is 0.870. The summed E-state index contributed by atoms with van der Waals surface area (Å²) < 4.78 is 11.2. The van der Waals surface area contributed by atoms with Gasteiger partial charge in [-0.15, -0.1) is 0 Å². The lowest BCUT2D eigenvalue weighted by molar-refractivity contribution is -0.269. The summed E-state index contributed by atoms with van der Waals surface area (Å²) in [5.41, 5.74) is -1.93. The fourth-order valence-electron chi connectivity index (χ4n) is 7.67. The molecule has 0 aromatic rings. The van der Waals surface area contributed by atoms with Crippen molar-refractivity contribution in [1.82, 2.24) is 0 Å². The number of hydrogen-bond acceptors (Lipinski definition) is 6. The van der Waals surface area contributed by atoms with E-state index >= 15 is 0 Å². The zero-order chi connectivity index (χ0) is 21.2. The average molecular weight is 407 g/mol. The molecule has 0 aromatic heterocycles. The second-order valence-corrected chi connectivity index (χ2v) is 10.4. The Kier molecular flexibility index (Phi) is 4.88. The van der Waals surface area contributed by atoms with Crippen LogP contribution in [0.25, 0.3) is 0 Å². The highest BCUT2D eigenvalue weighted by atomic mass is 16.6. The quantitative estimate of drug-likeness (QED) is 0.709. The molecule has 1 N–H and O–H groups in total. The van der Waals surface area contributed by atoms with Crippen molar-refractivity contribution in [2.24, 2.45) is 28.6 Å². The van der Waals surface area contributed by atoms with E-state index in [9.17, 15) is 19.5 Å². The molecule has 0 aromatic carbocycles. The van der Waals surface area contributed by atoms with Crippen LogP contribution in [0, 0.1) is 28.6 Å². The Labute approximate surface area is 172 Å². The monoisotopic (exact) mass is 406 g/mol. The Morgan fingerprint density at radius 2 is 1.69 bits per heavy atom. The maximum atomic E-state index is 12.7. The summed E-state index contributed by atoms with van der Waals surface area (Å²) >= 11 is 0. The van der Waals surface area contributed by atoms with E-state index in [1.807, 2.05) is 0 Å². The molecule has 0 bridgehead atoms. The van der Waals surface area contributed by atoms with Crippen molar-refractivity contribution in [2.75, 3.05) is 0 Å². The van der Waals surface area contributed by atoms with Gasteiger partial charge in [0, 0.05) is 37.5 Å². The molecular weight excluding hydrogens is 372 g/mol. The molecule has 0 radical (unpaired) electrons. The Hall–Kier alpha value is -1.43. The molecule has 6 heteroatoms. The molecule has 162 valence electrons. The van der Waals surface area contributed by atoms with Gasteiger partial charge < -0.3 is 14.6 Å². The molecular formula is C23H34O6. The topological polar surface area (TPSA) is 89.9 Å². The first-order valence-electron chi connectivity index (χ1n) is 11.1. The SMILES string of the molecule is CC(=O)OC1CCC2(C)C3CCC4(C)C(=O)CCC4C3CC(OC(C)=O)[C@@]2(O)C1. The Morgan fingerprint density at radius 1 is 1.00 bits per heavy atom. The van der Waals surface area contributed by atoms with Gasteiger partial charge in [-0.25, -0.2) is 0 Å². The summed E-state index contributed by atoms with van der Waals surface area (Å²) in [6.07, 6.45) is 4.62. The van der Waals surface area contributed by atoms with Gasteiger partial charge in [0.15, 0.2) is 0 Å². The van der Waals surface area contributed by atoms with Crippen LogP contribution >= 0.6 is 0 Å². The predicted molar refractivity (Wildman–Crippen MR) is 105 cm³/mol. The third-order valence-electron chi connectivity index (χ3n) is 9.14. The van der Waals surface area contributed by atoms with Crippen LogP contribution in [0.3, 0.4) is 0 Å². The van der Waals surface area contributed by atoms with Crippen LogP contribution in [0.2, 0.25) is 0 Å². The maximum absolute atomic E-state index is 12.7. The summed E-state index contributed by atoms with van der Waals surface area (Å²) in [5.74, 6) is 0.452. The number of carbonyl (C=O) groups excluding carboxylic acids is 3. The van der Waals surface area contributed by atoms with E-state index in [-0.39, 0.29) is 29.3 Å². The van der Waals surface area contributed by atoms with Gasteiger partial charge in [-0.2, -0.15) is 0 Å². The molecule has 4 aliphatic carbocycles. The van der Waals surface area contributed by atoms with Gasteiger partial charge in [-0.05, 0) is 56.3 Å². The second-order valence-electron chi connectivity index (χ2n) is 10.4. The third-order valence-corrected chi connectivity index (χ3v) is 9.14. The van der Waals surface area contributed by atoms with Crippen molar-refractivity contribution in [3.8, 4) is 0 Å². The van der Waals surface area contributed by atoms with E-state index in [0.29, 0.717) is 37.4 Å². The smallest absolute Gasteiger partial charge is 0.303 e. The molecule has 8 atom stereocenters. The fourth-order valence-corrected chi connectivity index (χ4v) is 7.67. The highest BCUT2D eigenvalue weighted by Crippen LogP contribution is 2.67. The second kappa shape index (κ2) is 6.79. The van der Waals surface area contributed by atoms with Crippen molar-refractivity contribution in [2.45, 2.75) is 96.9 Å². The van der Waals surface area contributed by atoms with Gasteiger partial charge >= 0.3 is 11.9 Å². The van der Waals surface area contributed by atoms with Gasteiger partial charge in [0.1, 0.15) is 23.6 Å². The summed E-state index contributed by atoms with van der Waals surface area (Å²) in [6, 6.07) is 0. The van der Waals surface area contributed by atoms with E-state index in [4.69, 9.17) is 9.47 Å². The van der Waals surface area contributed by atoms with Crippen LogP contribution in [0.5, 0.6) is 0 Å². The average Bonchev–Trinajstić information content (AvgIpc) is 2.92. The Bertz CT molecular complexity index is 733. The molecule has 4 aliphatic rings. The van der Waals surface area contributed by atoms with Crippen LogP contribution in [-0.4, -0.2) is 40.6 Å². The highest BCUT2D eigenvalue weighted by Gasteiger charge is 2.68. The van der Waals surface area contributed by atoms with Crippen LogP contribution in [0.4, 0.5) is 0 Å². The minimum Gasteiger partial charge on any atom is -0.462 e. The highest BCUT2D eigenvalue weighted by molar-refractivity contribution is 5.87. The molecule has 4 rings (SSSR count). The van der Waals surface area contributed by atoms with E-state index in [1.165, 1.54) is 13.8 Å². The van der Waals surface area contributed by atoms with Crippen molar-refractivity contribution >= 4 is 17.7 Å². The van der Waals surface area contributed by atoms with Gasteiger partial charge in [0.2, 0.25) is 0 Å². The zero-order valence-electron chi connectivity index (χ0n) is 18.0. The number of ketones is 1. The molecule has 0 heterocycles. The number of carbonyl (C=O) groups is 3. The summed E-state index contributed by atoms with van der Waals surface area (Å²) in [7, 11) is 0. The third kappa shape index (κ3) is 2.96. The standard InChI is InChI=1S/C23H34O6/c1-13(24)28-15-7-10-22(4)18-8-9-21(3)17(5-6-19(21)26)16(18)11-20(29-14(2)25)23(22,27)12-15/h15-18,20,27H,5-12H2,1-4H3/t15?,16?,17?,18?,20?,21?,22?,23-/m0/s1. The molecule has 0 aliphatic heterocycles. The van der Waals surface area contributed by atoms with Crippen molar-refractivity contribution < 1.29 is 29.0 Å². The van der Waals surface area contributed by atoms with Gasteiger partial charge in [-0.1, -0.05) is 13.8 Å². The minimum absolute atomic E-state index is 0.264.